The number of fused-ring (bicyclic) bond motifs is 2. The summed E-state index contributed by atoms with van der Waals surface area (Å²) >= 11 is 0. The van der Waals surface area contributed by atoms with Crippen LogP contribution in [0.5, 0.6) is 0 Å². The number of ether oxygens (including phenoxy) is 1. The summed E-state index contributed by atoms with van der Waals surface area (Å²) in [7, 11) is 0. The lowest BCUT2D eigenvalue weighted by molar-refractivity contribution is -0.114. The second-order valence-electron chi connectivity index (χ2n) is 5.36. The van der Waals surface area contributed by atoms with E-state index in [0.717, 1.165) is 18.3 Å². The van der Waals surface area contributed by atoms with Gasteiger partial charge in [-0.2, -0.15) is 0 Å². The second kappa shape index (κ2) is 5.49. The standard InChI is InChI=1S/C16H17NO3/c18-10-14-8-13-6-7-15(14)17(9-13)16(19)20-11-12-4-2-1-3-5-12/h1-7,10,13-15H,8-9,11H2/t13-,14-,15+/m1/s1. The minimum atomic E-state index is -0.334. The summed E-state index contributed by atoms with van der Waals surface area (Å²) in [6.07, 6.45) is 5.52. The van der Waals surface area contributed by atoms with Gasteiger partial charge in [0, 0.05) is 12.5 Å². The third kappa shape index (κ3) is 2.46. The number of aldehydes is 1. The molecule has 4 rings (SSSR count). The monoisotopic (exact) mass is 271 g/mol. The number of hydrogen-bond donors (Lipinski definition) is 0. The fourth-order valence-corrected chi connectivity index (χ4v) is 2.96. The second-order valence-corrected chi connectivity index (χ2v) is 5.36. The highest BCUT2D eigenvalue weighted by atomic mass is 16.6. The number of piperidine rings is 1. The van der Waals surface area contributed by atoms with Crippen molar-refractivity contribution in [2.24, 2.45) is 11.8 Å². The Hall–Kier alpha value is -2.10. The smallest absolute Gasteiger partial charge is 0.410 e. The first-order valence-electron chi connectivity index (χ1n) is 6.89. The first kappa shape index (κ1) is 12.9. The topological polar surface area (TPSA) is 46.6 Å². The zero-order valence-corrected chi connectivity index (χ0v) is 11.1. The molecule has 2 bridgehead atoms. The maximum absolute atomic E-state index is 12.2. The van der Waals surface area contributed by atoms with Crippen LogP contribution in [0.3, 0.4) is 0 Å². The van der Waals surface area contributed by atoms with E-state index in [1.54, 1.807) is 4.90 Å². The van der Waals surface area contributed by atoms with Crippen LogP contribution in [-0.2, 0) is 16.1 Å². The summed E-state index contributed by atoms with van der Waals surface area (Å²) in [5, 5.41) is 0. The number of carbonyl (C=O) groups is 2. The van der Waals surface area contributed by atoms with Crippen molar-refractivity contribution in [2.75, 3.05) is 6.54 Å². The van der Waals surface area contributed by atoms with E-state index in [9.17, 15) is 9.59 Å². The van der Waals surface area contributed by atoms with Crippen LogP contribution in [0.4, 0.5) is 4.79 Å². The highest BCUT2D eigenvalue weighted by Gasteiger charge is 2.40. The van der Waals surface area contributed by atoms with Gasteiger partial charge in [0.15, 0.2) is 0 Å². The molecule has 1 aliphatic carbocycles. The van der Waals surface area contributed by atoms with Crippen LogP contribution in [0.15, 0.2) is 42.5 Å². The summed E-state index contributed by atoms with van der Waals surface area (Å²) in [5.74, 6) is 0.183. The molecule has 0 radical (unpaired) electrons. The van der Waals surface area contributed by atoms with E-state index >= 15 is 0 Å². The SMILES string of the molecule is O=C[C@H]1C[C@H]2C=C[C@@H]1N(C(=O)OCc1ccccc1)C2. The average Bonchev–Trinajstić information content (AvgIpc) is 2.53. The van der Waals surface area contributed by atoms with Gasteiger partial charge in [0.1, 0.15) is 12.9 Å². The van der Waals surface area contributed by atoms with Crippen LogP contribution in [0.25, 0.3) is 0 Å². The Morgan fingerprint density at radius 2 is 2.10 bits per heavy atom. The van der Waals surface area contributed by atoms with Crippen molar-refractivity contribution in [2.45, 2.75) is 19.1 Å². The van der Waals surface area contributed by atoms with E-state index in [4.69, 9.17) is 4.74 Å². The lowest BCUT2D eigenvalue weighted by Crippen LogP contribution is -2.53. The van der Waals surface area contributed by atoms with Crippen LogP contribution in [0, 0.1) is 11.8 Å². The molecule has 20 heavy (non-hydrogen) atoms. The lowest BCUT2D eigenvalue weighted by Gasteiger charge is -2.43. The Morgan fingerprint density at radius 1 is 1.30 bits per heavy atom. The first-order valence-corrected chi connectivity index (χ1v) is 6.89. The van der Waals surface area contributed by atoms with Crippen LogP contribution < -0.4 is 0 Å². The summed E-state index contributed by atoms with van der Waals surface area (Å²) in [4.78, 5) is 24.9. The largest absolute Gasteiger partial charge is 0.445 e. The predicted octanol–water partition coefficient (Wildman–Crippen LogP) is 2.40. The Bertz CT molecular complexity index is 526. The third-order valence-electron chi connectivity index (χ3n) is 4.00. The van der Waals surface area contributed by atoms with Gasteiger partial charge >= 0.3 is 6.09 Å². The van der Waals surface area contributed by atoms with Crippen molar-refractivity contribution >= 4 is 12.4 Å². The molecule has 3 aliphatic rings. The van der Waals surface area contributed by atoms with E-state index in [1.807, 2.05) is 36.4 Å². The number of carbonyl (C=O) groups excluding carboxylic acids is 2. The zero-order chi connectivity index (χ0) is 13.9. The lowest BCUT2D eigenvalue weighted by atomic mass is 9.78. The fraction of sp³-hybridized carbons (Fsp3) is 0.375. The third-order valence-corrected chi connectivity index (χ3v) is 4.00. The highest BCUT2D eigenvalue weighted by molar-refractivity contribution is 5.71. The normalized spacial score (nSPS) is 27.4. The Kier molecular flexibility index (Phi) is 3.54. The van der Waals surface area contributed by atoms with Gasteiger partial charge in [0.05, 0.1) is 6.04 Å². The van der Waals surface area contributed by atoms with Gasteiger partial charge in [0.2, 0.25) is 0 Å². The maximum atomic E-state index is 12.2. The van der Waals surface area contributed by atoms with Crippen molar-refractivity contribution in [1.29, 1.82) is 0 Å². The minimum absolute atomic E-state index is 0.0944. The Morgan fingerprint density at radius 3 is 2.80 bits per heavy atom. The molecular formula is C16H17NO3. The molecule has 2 heterocycles. The maximum Gasteiger partial charge on any atom is 0.410 e. The van der Waals surface area contributed by atoms with E-state index in [1.165, 1.54) is 0 Å². The first-order chi connectivity index (χ1) is 9.78. The van der Waals surface area contributed by atoms with E-state index in [-0.39, 0.29) is 30.6 Å². The molecule has 1 fully saturated rings. The molecule has 3 atom stereocenters. The molecule has 1 amide bonds. The summed E-state index contributed by atoms with van der Waals surface area (Å²) in [5.41, 5.74) is 0.963. The van der Waals surface area contributed by atoms with E-state index in [2.05, 4.69) is 6.08 Å². The molecular weight excluding hydrogens is 254 g/mol. The molecule has 1 aromatic rings. The Labute approximate surface area is 118 Å². The van der Waals surface area contributed by atoms with Crippen LogP contribution in [-0.4, -0.2) is 29.9 Å². The number of hydrogen-bond acceptors (Lipinski definition) is 3. The summed E-state index contributed by atoms with van der Waals surface area (Å²) in [6.45, 7) is 0.919. The van der Waals surface area contributed by atoms with Crippen molar-refractivity contribution in [3.8, 4) is 0 Å². The Balaban J connectivity index is 1.63. The molecule has 0 aromatic heterocycles. The average molecular weight is 271 g/mol. The fourth-order valence-electron chi connectivity index (χ4n) is 2.96. The molecule has 0 spiro atoms. The van der Waals surface area contributed by atoms with E-state index < -0.39 is 0 Å². The van der Waals surface area contributed by atoms with Crippen LogP contribution in [0.2, 0.25) is 0 Å². The van der Waals surface area contributed by atoms with Crippen LogP contribution >= 0.6 is 0 Å². The van der Waals surface area contributed by atoms with E-state index in [0.29, 0.717) is 6.54 Å². The van der Waals surface area contributed by atoms with Gasteiger partial charge in [-0.05, 0) is 17.9 Å². The molecule has 4 heteroatoms. The van der Waals surface area contributed by atoms with Crippen molar-refractivity contribution in [3.05, 3.63) is 48.0 Å². The molecule has 0 N–H and O–H groups in total. The predicted molar refractivity (Wildman–Crippen MR) is 73.9 cm³/mol. The molecule has 2 aliphatic heterocycles. The number of amides is 1. The van der Waals surface area contributed by atoms with Crippen molar-refractivity contribution in [1.82, 2.24) is 4.90 Å². The van der Waals surface area contributed by atoms with Crippen LogP contribution in [0.1, 0.15) is 12.0 Å². The highest BCUT2D eigenvalue weighted by Crippen LogP contribution is 2.33. The molecule has 104 valence electrons. The molecule has 0 unspecified atom stereocenters. The molecule has 1 aromatic carbocycles. The molecule has 4 nitrogen and oxygen atoms in total. The van der Waals surface area contributed by atoms with Crippen molar-refractivity contribution < 1.29 is 14.3 Å². The van der Waals surface area contributed by atoms with Gasteiger partial charge in [-0.25, -0.2) is 4.79 Å². The molecule has 0 saturated carbocycles. The number of benzene rings is 1. The van der Waals surface area contributed by atoms with Gasteiger partial charge in [-0.1, -0.05) is 42.5 Å². The number of nitrogens with zero attached hydrogens (tertiary/aromatic N) is 1. The van der Waals surface area contributed by atoms with Crippen molar-refractivity contribution in [3.63, 3.8) is 0 Å². The summed E-state index contributed by atoms with van der Waals surface area (Å²) in [6, 6.07) is 9.46. The van der Waals surface area contributed by atoms with Gasteiger partial charge in [0.25, 0.3) is 0 Å². The quantitative estimate of drug-likeness (QED) is 0.626. The zero-order valence-electron chi connectivity index (χ0n) is 11.1. The van der Waals surface area contributed by atoms with Gasteiger partial charge in [-0.3, -0.25) is 0 Å². The number of rotatable bonds is 3. The summed E-state index contributed by atoms with van der Waals surface area (Å²) < 4.78 is 5.35. The van der Waals surface area contributed by atoms with Gasteiger partial charge in [-0.15, -0.1) is 0 Å². The minimum Gasteiger partial charge on any atom is -0.445 e. The molecule has 1 saturated heterocycles. The van der Waals surface area contributed by atoms with Gasteiger partial charge < -0.3 is 14.4 Å².